The minimum atomic E-state index is -3.97. The highest BCUT2D eigenvalue weighted by molar-refractivity contribution is 7.87. The summed E-state index contributed by atoms with van der Waals surface area (Å²) in [5, 5.41) is 6.54. The predicted octanol–water partition coefficient (Wildman–Crippen LogP) is 5.26. The zero-order valence-corrected chi connectivity index (χ0v) is 20.3. The highest BCUT2D eigenvalue weighted by Gasteiger charge is 2.33. The lowest BCUT2D eigenvalue weighted by atomic mass is 9.89. The van der Waals surface area contributed by atoms with Crippen molar-refractivity contribution >= 4 is 21.8 Å². The Hall–Kier alpha value is -2.54. The summed E-state index contributed by atoms with van der Waals surface area (Å²) in [4.78, 5) is 2.13. The number of anilines is 1. The first-order valence-corrected chi connectivity index (χ1v) is 12.8. The van der Waals surface area contributed by atoms with Crippen molar-refractivity contribution < 1.29 is 12.6 Å². The largest absolute Gasteiger partial charge is 0.341 e. The second-order valence-electron chi connectivity index (χ2n) is 9.25. The summed E-state index contributed by atoms with van der Waals surface area (Å²) in [5.74, 6) is 0.528. The minimum absolute atomic E-state index is 0.143. The molecule has 0 bridgehead atoms. The quantitative estimate of drug-likeness (QED) is 0.576. The van der Waals surface area contributed by atoms with Crippen molar-refractivity contribution in [1.29, 1.82) is 0 Å². The molecule has 0 radical (unpaired) electrons. The van der Waals surface area contributed by atoms with Gasteiger partial charge in [-0.1, -0.05) is 54.7 Å². The van der Waals surface area contributed by atoms with Gasteiger partial charge in [-0.2, -0.15) is 8.42 Å². The third-order valence-electron chi connectivity index (χ3n) is 6.37. The van der Waals surface area contributed by atoms with Crippen LogP contribution >= 0.6 is 0 Å². The van der Waals surface area contributed by atoms with Gasteiger partial charge in [-0.15, -0.1) is 5.10 Å². The molecule has 0 amide bonds. The molecule has 0 spiro atoms. The van der Waals surface area contributed by atoms with Gasteiger partial charge in [0.2, 0.25) is 0 Å². The lowest BCUT2D eigenvalue weighted by molar-refractivity contribution is 0.262. The van der Waals surface area contributed by atoms with E-state index in [1.165, 1.54) is 24.8 Å². The second-order valence-corrected chi connectivity index (χ2v) is 10.8. The molecule has 2 aromatic rings. The Morgan fingerprint density at radius 1 is 0.938 bits per heavy atom. The van der Waals surface area contributed by atoms with Crippen molar-refractivity contribution in [2.24, 2.45) is 11.0 Å². The summed E-state index contributed by atoms with van der Waals surface area (Å²) in [6.07, 6.45) is 6.07. The molecule has 0 unspecified atom stereocenters. The van der Waals surface area contributed by atoms with E-state index < -0.39 is 10.1 Å². The van der Waals surface area contributed by atoms with Crippen molar-refractivity contribution in [3.63, 3.8) is 0 Å². The van der Waals surface area contributed by atoms with Crippen molar-refractivity contribution in [3.8, 4) is 0 Å². The van der Waals surface area contributed by atoms with Crippen LogP contribution in [0.15, 0.2) is 46.4 Å². The third kappa shape index (κ3) is 4.93. The number of hydrogen-bond acceptors (Lipinski definition) is 6. The Morgan fingerprint density at radius 2 is 1.56 bits per heavy atom. The molecule has 1 fully saturated rings. The summed E-state index contributed by atoms with van der Waals surface area (Å²) >= 11 is 0. The molecular weight excluding hydrogens is 422 g/mol. The fourth-order valence-electron chi connectivity index (χ4n) is 4.86. The van der Waals surface area contributed by atoms with Gasteiger partial charge in [0.15, 0.2) is 0 Å². The number of amidine groups is 1. The first kappa shape index (κ1) is 22.6. The van der Waals surface area contributed by atoms with Crippen molar-refractivity contribution in [2.75, 3.05) is 18.2 Å². The zero-order chi connectivity index (χ0) is 22.9. The van der Waals surface area contributed by atoms with E-state index in [2.05, 4.69) is 38.0 Å². The van der Waals surface area contributed by atoms with Crippen LogP contribution in [0.3, 0.4) is 0 Å². The van der Waals surface area contributed by atoms with Gasteiger partial charge in [0.25, 0.3) is 0 Å². The minimum Gasteiger partial charge on any atom is -0.340 e. The molecule has 0 saturated heterocycles. The molecule has 6 nitrogen and oxygen atoms in total. The molecule has 1 heterocycles. The highest BCUT2D eigenvalue weighted by atomic mass is 32.2. The summed E-state index contributed by atoms with van der Waals surface area (Å²) in [6.45, 7) is 9.38. The lowest BCUT2D eigenvalue weighted by Gasteiger charge is -2.28. The number of benzene rings is 2. The van der Waals surface area contributed by atoms with Crippen LogP contribution in [0.1, 0.15) is 54.4 Å². The molecule has 7 heteroatoms. The van der Waals surface area contributed by atoms with Gasteiger partial charge in [0.1, 0.15) is 11.6 Å². The average Bonchev–Trinajstić information content (AvgIpc) is 3.09. The van der Waals surface area contributed by atoms with Gasteiger partial charge in [0, 0.05) is 6.54 Å². The summed E-state index contributed by atoms with van der Waals surface area (Å²) in [5.41, 5.74) is 5.44. The number of hydrogen-bond donors (Lipinski definition) is 0. The fourth-order valence-corrected chi connectivity index (χ4v) is 5.76. The number of hydrazone groups is 1. The van der Waals surface area contributed by atoms with Gasteiger partial charge in [0.05, 0.1) is 5.69 Å². The van der Waals surface area contributed by atoms with Crippen LogP contribution in [0.2, 0.25) is 0 Å². The molecule has 172 valence electrons. The Morgan fingerprint density at radius 3 is 2.19 bits per heavy atom. The Kier molecular flexibility index (Phi) is 6.47. The first-order chi connectivity index (χ1) is 15.2. The number of aryl methyl sites for hydroxylation is 4. The highest BCUT2D eigenvalue weighted by Crippen LogP contribution is 2.32. The molecule has 2 aliphatic rings. The maximum Gasteiger partial charge on any atom is 0.341 e. The molecular formula is C25H33N3O3S. The molecule has 1 aliphatic heterocycles. The van der Waals surface area contributed by atoms with Crippen molar-refractivity contribution in [3.05, 3.63) is 58.7 Å². The smallest absolute Gasteiger partial charge is 0.340 e. The van der Waals surface area contributed by atoms with E-state index >= 15 is 0 Å². The molecule has 0 atom stereocenters. The average molecular weight is 456 g/mol. The van der Waals surface area contributed by atoms with Crippen LogP contribution in [0.5, 0.6) is 0 Å². The van der Waals surface area contributed by atoms with Crippen molar-refractivity contribution in [1.82, 2.24) is 4.90 Å². The SMILES string of the molecule is Cc1ccc(S(=O)(=O)OC2=NN(c3c(C)cc(C)cc3C)CN2CC2CCCCC2)cc1. The van der Waals surface area contributed by atoms with E-state index in [0.29, 0.717) is 12.6 Å². The molecule has 4 rings (SSSR count). The van der Waals surface area contributed by atoms with Gasteiger partial charge >= 0.3 is 16.1 Å². The monoisotopic (exact) mass is 455 g/mol. The maximum absolute atomic E-state index is 13.0. The second kappa shape index (κ2) is 9.14. The molecule has 32 heavy (non-hydrogen) atoms. The third-order valence-corrected chi connectivity index (χ3v) is 7.59. The van der Waals surface area contributed by atoms with E-state index in [0.717, 1.165) is 41.8 Å². The Bertz CT molecular complexity index is 1080. The van der Waals surface area contributed by atoms with Crippen molar-refractivity contribution in [2.45, 2.75) is 64.7 Å². The van der Waals surface area contributed by atoms with Crippen LogP contribution in [-0.4, -0.2) is 32.6 Å². The molecule has 0 N–H and O–H groups in total. The number of nitrogens with zero attached hydrogens (tertiary/aromatic N) is 3. The van der Waals surface area contributed by atoms with Crippen LogP contribution in [0.4, 0.5) is 5.69 Å². The van der Waals surface area contributed by atoms with E-state index in [9.17, 15) is 8.42 Å². The van der Waals surface area contributed by atoms with Gasteiger partial charge in [-0.05, 0) is 69.7 Å². The maximum atomic E-state index is 13.0. The predicted molar refractivity (Wildman–Crippen MR) is 128 cm³/mol. The van der Waals surface area contributed by atoms with Crippen LogP contribution in [0.25, 0.3) is 0 Å². The van der Waals surface area contributed by atoms with Gasteiger partial charge < -0.3 is 9.08 Å². The van der Waals surface area contributed by atoms with Gasteiger partial charge in [-0.25, -0.2) is 5.01 Å². The van der Waals surface area contributed by atoms with E-state index in [4.69, 9.17) is 4.18 Å². The molecule has 1 saturated carbocycles. The topological polar surface area (TPSA) is 62.2 Å². The molecule has 2 aromatic carbocycles. The number of rotatable bonds is 5. The summed E-state index contributed by atoms with van der Waals surface area (Å²) in [7, 11) is -3.97. The summed E-state index contributed by atoms with van der Waals surface area (Å²) < 4.78 is 31.7. The van der Waals surface area contributed by atoms with E-state index in [1.54, 1.807) is 24.3 Å². The zero-order valence-electron chi connectivity index (χ0n) is 19.5. The lowest BCUT2D eigenvalue weighted by Crippen LogP contribution is -2.37. The molecule has 0 aromatic heterocycles. The van der Waals surface area contributed by atoms with Gasteiger partial charge in [-0.3, -0.25) is 0 Å². The Labute approximate surface area is 192 Å². The van der Waals surface area contributed by atoms with E-state index in [1.807, 2.05) is 16.8 Å². The normalized spacial score (nSPS) is 17.6. The molecule has 1 aliphatic carbocycles. The standard InChI is InChI=1S/C25H33N3O3S/c1-18-10-12-23(13-11-18)32(29,30)31-25-26-28(24-20(3)14-19(2)15-21(24)4)17-27(25)16-22-8-6-5-7-9-22/h10-15,22H,5-9,16-17H2,1-4H3. The van der Waals surface area contributed by atoms with Crippen LogP contribution < -0.4 is 5.01 Å². The first-order valence-electron chi connectivity index (χ1n) is 11.4. The van der Waals surface area contributed by atoms with Crippen LogP contribution in [0, 0.1) is 33.6 Å². The van der Waals surface area contributed by atoms with E-state index in [-0.39, 0.29) is 10.9 Å². The summed E-state index contributed by atoms with van der Waals surface area (Å²) in [6, 6.07) is 11.1. The fraction of sp³-hybridized carbons (Fsp3) is 0.480. The Balaban J connectivity index is 1.64. The van der Waals surface area contributed by atoms with Crippen LogP contribution in [-0.2, 0) is 14.3 Å².